The van der Waals surface area contributed by atoms with E-state index in [1.165, 1.54) is 6.07 Å². The smallest absolute Gasteiger partial charge is 0.418 e. The van der Waals surface area contributed by atoms with Crippen molar-refractivity contribution in [3.8, 4) is 11.5 Å². The predicted molar refractivity (Wildman–Crippen MR) is 123 cm³/mol. The molecule has 4 rings (SSSR count). The van der Waals surface area contributed by atoms with Crippen LogP contribution in [0.5, 0.6) is 11.5 Å². The zero-order chi connectivity index (χ0) is 23.1. The summed E-state index contributed by atoms with van der Waals surface area (Å²) in [5.74, 6) is 1.56. The lowest BCUT2D eigenvalue weighted by Crippen LogP contribution is -2.54. The Labute approximate surface area is 192 Å². The molecule has 0 N–H and O–H groups in total. The van der Waals surface area contributed by atoms with Crippen LogP contribution < -0.4 is 14.4 Å². The Morgan fingerprint density at radius 3 is 1.67 bits per heavy atom. The summed E-state index contributed by atoms with van der Waals surface area (Å²) >= 11 is 0. The number of ether oxygens (including phenoxy) is 2. The molecule has 1 fully saturated rings. The fraction of sp³-hybridized carbons (Fsp3) is 0.308. The lowest BCUT2D eigenvalue weighted by molar-refractivity contribution is -0.137. The van der Waals surface area contributed by atoms with Gasteiger partial charge < -0.3 is 14.4 Å². The van der Waals surface area contributed by atoms with Gasteiger partial charge in [0.2, 0.25) is 0 Å². The van der Waals surface area contributed by atoms with Crippen LogP contribution in [0.3, 0.4) is 0 Å². The highest BCUT2D eigenvalue weighted by molar-refractivity contribution is 5.55. The van der Waals surface area contributed by atoms with Gasteiger partial charge in [0.15, 0.2) is 0 Å². The van der Waals surface area contributed by atoms with Crippen molar-refractivity contribution in [2.24, 2.45) is 0 Å². The van der Waals surface area contributed by atoms with E-state index in [4.69, 9.17) is 9.47 Å². The molecule has 0 amide bonds. The molecule has 3 aromatic rings. The minimum absolute atomic E-state index is 0.0366. The molecule has 33 heavy (non-hydrogen) atoms. The highest BCUT2D eigenvalue weighted by Gasteiger charge is 2.35. The molecule has 0 radical (unpaired) electrons. The van der Waals surface area contributed by atoms with Gasteiger partial charge in [0, 0.05) is 31.9 Å². The number of hydrogen-bond acceptors (Lipinski definition) is 4. The number of piperazine rings is 1. The van der Waals surface area contributed by atoms with E-state index in [1.54, 1.807) is 12.1 Å². The molecule has 3 aromatic carbocycles. The summed E-state index contributed by atoms with van der Waals surface area (Å²) in [7, 11) is 0. The van der Waals surface area contributed by atoms with Gasteiger partial charge in [-0.3, -0.25) is 4.90 Å². The largest absolute Gasteiger partial charge is 0.492 e. The van der Waals surface area contributed by atoms with Crippen molar-refractivity contribution in [2.45, 2.75) is 12.2 Å². The quantitative estimate of drug-likeness (QED) is 0.456. The van der Waals surface area contributed by atoms with E-state index < -0.39 is 11.7 Å². The number of alkyl halides is 3. The molecule has 0 aromatic heterocycles. The van der Waals surface area contributed by atoms with E-state index in [0.29, 0.717) is 39.4 Å². The third kappa shape index (κ3) is 6.20. The number of nitrogens with zero attached hydrogens (tertiary/aromatic N) is 2. The maximum Gasteiger partial charge on any atom is 0.418 e. The zero-order valence-corrected chi connectivity index (χ0v) is 18.2. The molecule has 7 heteroatoms. The van der Waals surface area contributed by atoms with Crippen molar-refractivity contribution >= 4 is 5.69 Å². The van der Waals surface area contributed by atoms with Gasteiger partial charge in [-0.25, -0.2) is 0 Å². The van der Waals surface area contributed by atoms with E-state index in [1.807, 2.05) is 65.6 Å². The molecule has 4 nitrogen and oxygen atoms in total. The Kier molecular flexibility index (Phi) is 7.40. The minimum Gasteiger partial charge on any atom is -0.492 e. The molecule has 1 saturated heterocycles. The van der Waals surface area contributed by atoms with Gasteiger partial charge in [-0.05, 0) is 36.4 Å². The summed E-state index contributed by atoms with van der Waals surface area (Å²) < 4.78 is 52.4. The molecule has 1 aliphatic rings. The van der Waals surface area contributed by atoms with Crippen LogP contribution >= 0.6 is 0 Å². The Balaban J connectivity index is 1.42. The Morgan fingerprint density at radius 1 is 0.667 bits per heavy atom. The van der Waals surface area contributed by atoms with Gasteiger partial charge in [0.1, 0.15) is 24.7 Å². The van der Waals surface area contributed by atoms with Crippen LogP contribution in [0, 0.1) is 0 Å². The van der Waals surface area contributed by atoms with E-state index in [2.05, 4.69) is 4.90 Å². The molecular weight excluding hydrogens is 429 g/mol. The summed E-state index contributed by atoms with van der Waals surface area (Å²) in [6.07, 6.45) is -4.37. The molecule has 0 bridgehead atoms. The van der Waals surface area contributed by atoms with Crippen LogP contribution in [-0.2, 0) is 6.18 Å². The molecule has 0 atom stereocenters. The maximum atomic E-state index is 13.5. The van der Waals surface area contributed by atoms with Gasteiger partial charge >= 0.3 is 6.18 Å². The number of para-hydroxylation sites is 3. The normalized spacial score (nSPS) is 15.0. The van der Waals surface area contributed by atoms with Gasteiger partial charge in [-0.15, -0.1) is 0 Å². The molecule has 174 valence electrons. The van der Waals surface area contributed by atoms with Crippen LogP contribution in [0.15, 0.2) is 84.9 Å². The van der Waals surface area contributed by atoms with E-state index in [0.717, 1.165) is 17.6 Å². The van der Waals surface area contributed by atoms with Crippen LogP contribution in [0.2, 0.25) is 0 Å². The lowest BCUT2D eigenvalue weighted by Gasteiger charge is -2.40. The van der Waals surface area contributed by atoms with Crippen molar-refractivity contribution in [1.29, 1.82) is 0 Å². The Morgan fingerprint density at radius 2 is 1.15 bits per heavy atom. The number of anilines is 1. The zero-order valence-electron chi connectivity index (χ0n) is 18.2. The molecule has 1 heterocycles. The fourth-order valence-corrected chi connectivity index (χ4v) is 3.99. The molecule has 1 aliphatic heterocycles. The molecule has 0 saturated carbocycles. The van der Waals surface area contributed by atoms with Crippen molar-refractivity contribution in [3.05, 3.63) is 90.5 Å². The average Bonchev–Trinajstić information content (AvgIpc) is 2.85. The first-order chi connectivity index (χ1) is 16.0. The van der Waals surface area contributed by atoms with Crippen LogP contribution in [0.1, 0.15) is 5.56 Å². The lowest BCUT2D eigenvalue weighted by atomic mass is 10.1. The number of halogens is 3. The summed E-state index contributed by atoms with van der Waals surface area (Å²) in [6, 6.07) is 24.9. The first kappa shape index (κ1) is 23.0. The Bertz CT molecular complexity index is 948. The van der Waals surface area contributed by atoms with Gasteiger partial charge in [-0.1, -0.05) is 48.5 Å². The second kappa shape index (κ2) is 10.6. The van der Waals surface area contributed by atoms with Gasteiger partial charge in [-0.2, -0.15) is 13.2 Å². The van der Waals surface area contributed by atoms with E-state index >= 15 is 0 Å². The highest BCUT2D eigenvalue weighted by Crippen LogP contribution is 2.36. The second-order valence-corrected chi connectivity index (χ2v) is 7.94. The standard InChI is InChI=1S/C26H27F3N2O2/c27-26(28,29)24-13-7-8-14-25(24)31-17-15-30(16-18-31)21(19-32-22-9-3-1-4-10-22)20-33-23-11-5-2-6-12-23/h1-14,21H,15-20H2. The molecule has 0 unspecified atom stereocenters. The highest BCUT2D eigenvalue weighted by atomic mass is 19.4. The van der Waals surface area contributed by atoms with Crippen LogP contribution in [0.25, 0.3) is 0 Å². The second-order valence-electron chi connectivity index (χ2n) is 7.94. The number of hydrogen-bond donors (Lipinski definition) is 0. The van der Waals surface area contributed by atoms with Crippen molar-refractivity contribution in [3.63, 3.8) is 0 Å². The summed E-state index contributed by atoms with van der Waals surface area (Å²) in [6.45, 7) is 3.09. The maximum absolute atomic E-state index is 13.5. The molecular formula is C26H27F3N2O2. The average molecular weight is 457 g/mol. The van der Waals surface area contributed by atoms with E-state index in [9.17, 15) is 13.2 Å². The van der Waals surface area contributed by atoms with Crippen LogP contribution in [0.4, 0.5) is 18.9 Å². The van der Waals surface area contributed by atoms with E-state index in [-0.39, 0.29) is 11.7 Å². The topological polar surface area (TPSA) is 24.9 Å². The number of rotatable bonds is 8. The van der Waals surface area contributed by atoms with Crippen LogP contribution in [-0.4, -0.2) is 50.3 Å². The minimum atomic E-state index is -4.37. The summed E-state index contributed by atoms with van der Waals surface area (Å²) in [4.78, 5) is 4.05. The first-order valence-corrected chi connectivity index (χ1v) is 11.0. The Hall–Kier alpha value is -3.19. The third-order valence-electron chi connectivity index (χ3n) is 5.75. The first-order valence-electron chi connectivity index (χ1n) is 11.0. The van der Waals surface area contributed by atoms with Crippen molar-refractivity contribution in [1.82, 2.24) is 4.90 Å². The summed E-state index contributed by atoms with van der Waals surface area (Å²) in [5, 5.41) is 0. The monoisotopic (exact) mass is 456 g/mol. The predicted octanol–water partition coefficient (Wildman–Crippen LogP) is 5.35. The molecule has 0 spiro atoms. The van der Waals surface area contributed by atoms with Gasteiger partial charge in [0.25, 0.3) is 0 Å². The third-order valence-corrected chi connectivity index (χ3v) is 5.75. The molecule has 0 aliphatic carbocycles. The number of benzene rings is 3. The van der Waals surface area contributed by atoms with Crippen molar-refractivity contribution in [2.75, 3.05) is 44.3 Å². The SMILES string of the molecule is FC(F)(F)c1ccccc1N1CCN(C(COc2ccccc2)COc2ccccc2)CC1. The van der Waals surface area contributed by atoms with Gasteiger partial charge in [0.05, 0.1) is 11.6 Å². The van der Waals surface area contributed by atoms with Crippen molar-refractivity contribution < 1.29 is 22.6 Å². The fourth-order valence-electron chi connectivity index (χ4n) is 3.99. The summed E-state index contributed by atoms with van der Waals surface area (Å²) in [5.41, 5.74) is -0.350.